The Labute approximate surface area is 257 Å². The van der Waals surface area contributed by atoms with Crippen molar-refractivity contribution >= 4 is 0 Å². The minimum atomic E-state index is -1.03. The van der Waals surface area contributed by atoms with E-state index in [-0.39, 0.29) is 51.9 Å². The molecule has 240 valence electrons. The van der Waals surface area contributed by atoms with Crippen LogP contribution in [0.3, 0.4) is 0 Å². The quantitative estimate of drug-likeness (QED) is 0.105. The van der Waals surface area contributed by atoms with Crippen LogP contribution in [0.5, 0.6) is 69.0 Å². The van der Waals surface area contributed by atoms with E-state index < -0.39 is 92.7 Å². The van der Waals surface area contributed by atoms with Gasteiger partial charge in [-0.3, -0.25) is 0 Å². The summed E-state index contributed by atoms with van der Waals surface area (Å²) in [6.45, 7) is 5.98. The largest absolute Gasteiger partial charge is 0.504 e. The highest BCUT2D eigenvalue weighted by atomic mass is 16.3. The Kier molecular flexibility index (Phi) is 7.83. The van der Waals surface area contributed by atoms with Crippen molar-refractivity contribution in [2.24, 2.45) is 0 Å². The first-order valence-electron chi connectivity index (χ1n) is 13.6. The van der Waals surface area contributed by atoms with Crippen LogP contribution in [0.25, 0.3) is 0 Å². The molecule has 0 saturated heterocycles. The van der Waals surface area contributed by atoms with E-state index in [2.05, 4.69) is 0 Å². The van der Waals surface area contributed by atoms with Crippen LogP contribution in [0, 0.1) is 0 Å². The van der Waals surface area contributed by atoms with Crippen molar-refractivity contribution in [3.05, 3.63) is 68.8 Å². The van der Waals surface area contributed by atoms with E-state index in [1.165, 1.54) is 52.0 Å². The first-order chi connectivity index (χ1) is 20.5. The Morgan fingerprint density at radius 3 is 0.489 bits per heavy atom. The van der Waals surface area contributed by atoms with Gasteiger partial charge in [-0.05, 0) is 24.3 Å². The van der Waals surface area contributed by atoms with E-state index in [0.717, 1.165) is 0 Å². The minimum absolute atomic E-state index is 0. The molecule has 0 aromatic heterocycles. The van der Waals surface area contributed by atoms with Gasteiger partial charge in [-0.2, -0.15) is 0 Å². The van der Waals surface area contributed by atoms with E-state index in [0.29, 0.717) is 0 Å². The second kappa shape index (κ2) is 10.9. The molecule has 0 radical (unpaired) electrons. The van der Waals surface area contributed by atoms with Gasteiger partial charge in [0.15, 0.2) is 46.0 Å². The third-order valence-corrected chi connectivity index (χ3v) is 8.96. The molecule has 1 aliphatic rings. The van der Waals surface area contributed by atoms with Crippen LogP contribution in [0.2, 0.25) is 0 Å². The number of rotatable bonds is 0. The SMILES string of the molecule is C.CC1c2cc(c(O)c(O)c2O)C(C)c2cc(c(O)c(O)c2O)C(C)c2cc(c(O)c(O)c2O)C(C)c2cc1c(O)c(O)c2O. The zero-order valence-electron chi connectivity index (χ0n) is 24.0. The molecular formula is C33H36O12. The molecule has 1 aliphatic carbocycles. The fraction of sp³-hybridized carbons (Fsp3) is 0.273. The number of hydrogen-bond donors (Lipinski definition) is 12. The molecule has 8 bridgehead atoms. The molecule has 0 atom stereocenters. The molecule has 12 N–H and O–H groups in total. The summed E-state index contributed by atoms with van der Waals surface area (Å²) in [5.74, 6) is -13.9. The summed E-state index contributed by atoms with van der Waals surface area (Å²) in [7, 11) is 0. The molecule has 4 aromatic carbocycles. The summed E-state index contributed by atoms with van der Waals surface area (Å²) in [5, 5.41) is 130. The van der Waals surface area contributed by atoms with Gasteiger partial charge in [0.05, 0.1) is 0 Å². The van der Waals surface area contributed by atoms with Gasteiger partial charge in [0.1, 0.15) is 0 Å². The number of phenolic OH excluding ortho intramolecular Hbond substituents is 12. The number of hydrogen-bond acceptors (Lipinski definition) is 12. The molecule has 12 nitrogen and oxygen atoms in total. The lowest BCUT2D eigenvalue weighted by molar-refractivity contribution is 0.352. The normalized spacial score (nSPS) is 19.1. The molecule has 45 heavy (non-hydrogen) atoms. The van der Waals surface area contributed by atoms with Gasteiger partial charge in [0.2, 0.25) is 23.0 Å². The average molecular weight is 625 g/mol. The molecule has 0 spiro atoms. The molecule has 0 fully saturated rings. The van der Waals surface area contributed by atoms with Crippen molar-refractivity contribution in [1.29, 1.82) is 0 Å². The van der Waals surface area contributed by atoms with E-state index in [4.69, 9.17) is 0 Å². The Morgan fingerprint density at radius 2 is 0.378 bits per heavy atom. The topological polar surface area (TPSA) is 243 Å². The van der Waals surface area contributed by atoms with Crippen LogP contribution in [-0.4, -0.2) is 61.3 Å². The molecule has 0 unspecified atom stereocenters. The fourth-order valence-corrected chi connectivity index (χ4v) is 6.07. The van der Waals surface area contributed by atoms with Crippen molar-refractivity contribution in [2.45, 2.75) is 58.8 Å². The van der Waals surface area contributed by atoms with Crippen LogP contribution >= 0.6 is 0 Å². The van der Waals surface area contributed by atoms with Gasteiger partial charge >= 0.3 is 0 Å². The van der Waals surface area contributed by atoms with Gasteiger partial charge in [0.25, 0.3) is 0 Å². The summed E-state index contributed by atoms with van der Waals surface area (Å²) in [6, 6.07) is 5.18. The Balaban J connectivity index is 0.00000461. The van der Waals surface area contributed by atoms with Gasteiger partial charge in [-0.1, -0.05) is 35.1 Å². The standard InChI is InChI=1S/C32H32O12.CH4/c1-9-13-5-15(23(35)29(41)21(13)33)10(2)17-7-19(27(39)31(43)25(17)37)12(4)20-8-18(26(38)32(44)28(20)40)11(3)16-6-14(9)22(34)30(42)24(16)36;/h5-12,33-44H,1-4H3;1H4. The van der Waals surface area contributed by atoms with E-state index in [9.17, 15) is 61.3 Å². The van der Waals surface area contributed by atoms with Gasteiger partial charge in [-0.25, -0.2) is 0 Å². The highest BCUT2D eigenvalue weighted by Gasteiger charge is 2.34. The van der Waals surface area contributed by atoms with Crippen molar-refractivity contribution in [2.75, 3.05) is 0 Å². The molecule has 5 rings (SSSR count). The van der Waals surface area contributed by atoms with Crippen LogP contribution in [-0.2, 0) is 0 Å². The third-order valence-electron chi connectivity index (χ3n) is 8.96. The Hall–Kier alpha value is -5.52. The van der Waals surface area contributed by atoms with Crippen molar-refractivity contribution in [3.63, 3.8) is 0 Å². The smallest absolute Gasteiger partial charge is 0.200 e. The van der Waals surface area contributed by atoms with Crippen LogP contribution in [0.15, 0.2) is 24.3 Å². The molecule has 0 amide bonds. The third kappa shape index (κ3) is 4.52. The van der Waals surface area contributed by atoms with E-state index >= 15 is 0 Å². The summed E-state index contributed by atoms with van der Waals surface area (Å²) in [6.07, 6.45) is 0. The fourth-order valence-electron chi connectivity index (χ4n) is 6.07. The first-order valence-corrected chi connectivity index (χ1v) is 13.6. The van der Waals surface area contributed by atoms with Crippen LogP contribution in [0.4, 0.5) is 0 Å². The maximum Gasteiger partial charge on any atom is 0.200 e. The molecule has 0 heterocycles. The second-order valence-electron chi connectivity index (χ2n) is 11.3. The van der Waals surface area contributed by atoms with Crippen molar-refractivity contribution < 1.29 is 61.3 Å². The summed E-state index contributed by atoms with van der Waals surface area (Å²) < 4.78 is 0. The summed E-state index contributed by atoms with van der Waals surface area (Å²) >= 11 is 0. The minimum Gasteiger partial charge on any atom is -0.504 e. The second-order valence-corrected chi connectivity index (χ2v) is 11.3. The van der Waals surface area contributed by atoms with Gasteiger partial charge in [0, 0.05) is 68.2 Å². The Bertz CT molecular complexity index is 1480. The lowest BCUT2D eigenvalue weighted by Gasteiger charge is -2.26. The van der Waals surface area contributed by atoms with Gasteiger partial charge in [-0.15, -0.1) is 0 Å². The molecular weight excluding hydrogens is 588 g/mol. The van der Waals surface area contributed by atoms with E-state index in [1.54, 1.807) is 0 Å². The number of aromatic hydroxyl groups is 12. The van der Waals surface area contributed by atoms with E-state index in [1.807, 2.05) is 0 Å². The molecule has 0 saturated carbocycles. The first kappa shape index (κ1) is 32.4. The summed E-state index contributed by atoms with van der Waals surface area (Å²) in [4.78, 5) is 0. The molecule has 4 aromatic rings. The predicted octanol–water partition coefficient (Wildman–Crippen LogP) is 5.71. The van der Waals surface area contributed by atoms with Crippen LogP contribution in [0.1, 0.15) is 103 Å². The predicted molar refractivity (Wildman–Crippen MR) is 163 cm³/mol. The number of benzene rings is 4. The average Bonchev–Trinajstić information content (AvgIpc) is 2.99. The zero-order chi connectivity index (χ0) is 32.7. The highest BCUT2D eigenvalue weighted by Crippen LogP contribution is 2.56. The van der Waals surface area contributed by atoms with Crippen molar-refractivity contribution in [3.8, 4) is 69.0 Å². The Morgan fingerprint density at radius 1 is 0.267 bits per heavy atom. The maximum absolute atomic E-state index is 10.9. The monoisotopic (exact) mass is 624 g/mol. The highest BCUT2D eigenvalue weighted by molar-refractivity contribution is 5.70. The lowest BCUT2D eigenvalue weighted by Crippen LogP contribution is -2.08. The van der Waals surface area contributed by atoms with Crippen LogP contribution < -0.4 is 0 Å². The zero-order valence-corrected chi connectivity index (χ0v) is 24.0. The summed E-state index contributed by atoms with van der Waals surface area (Å²) in [5.41, 5.74) is -0.358. The number of phenols is 12. The number of fused-ring (bicyclic) bond motifs is 8. The van der Waals surface area contributed by atoms with Crippen molar-refractivity contribution in [1.82, 2.24) is 0 Å². The maximum atomic E-state index is 10.9. The van der Waals surface area contributed by atoms with Gasteiger partial charge < -0.3 is 61.3 Å². The lowest BCUT2D eigenvalue weighted by atomic mass is 9.80. The molecule has 12 heteroatoms. The molecule has 0 aliphatic heterocycles.